The van der Waals surface area contributed by atoms with Crippen molar-refractivity contribution in [3.05, 3.63) is 21.7 Å². The first-order chi connectivity index (χ1) is 6.72. The van der Waals surface area contributed by atoms with Crippen LogP contribution in [0.3, 0.4) is 0 Å². The van der Waals surface area contributed by atoms with E-state index in [1.54, 1.807) is 0 Å². The first-order valence-corrected chi connectivity index (χ1v) is 5.86. The van der Waals surface area contributed by atoms with Gasteiger partial charge in [-0.3, -0.25) is 0 Å². The van der Waals surface area contributed by atoms with E-state index < -0.39 is 0 Å². The van der Waals surface area contributed by atoms with Gasteiger partial charge in [0, 0.05) is 6.61 Å². The molecule has 0 saturated heterocycles. The van der Waals surface area contributed by atoms with Crippen molar-refractivity contribution in [1.82, 2.24) is 5.32 Å². The van der Waals surface area contributed by atoms with Crippen LogP contribution < -0.4 is 5.32 Å². The quantitative estimate of drug-likeness (QED) is 0.790. The van der Waals surface area contributed by atoms with Crippen molar-refractivity contribution < 1.29 is 9.52 Å². The van der Waals surface area contributed by atoms with Crippen molar-refractivity contribution in [2.24, 2.45) is 5.92 Å². The number of aliphatic hydroxyl groups is 1. The SMILES string of the molecule is CC(CCO)CNCc1ccc(I)o1. The summed E-state index contributed by atoms with van der Waals surface area (Å²) in [5.74, 6) is 1.47. The van der Waals surface area contributed by atoms with Crippen LogP contribution in [0.1, 0.15) is 19.1 Å². The van der Waals surface area contributed by atoms with Gasteiger partial charge in [-0.2, -0.15) is 0 Å². The number of hydrogen-bond donors (Lipinski definition) is 2. The maximum Gasteiger partial charge on any atom is 0.164 e. The predicted octanol–water partition coefficient (Wildman–Crippen LogP) is 1.99. The summed E-state index contributed by atoms with van der Waals surface area (Å²) in [6.45, 7) is 4.06. The molecule has 0 aliphatic rings. The molecule has 1 aromatic heterocycles. The highest BCUT2D eigenvalue weighted by Gasteiger charge is 2.02. The Balaban J connectivity index is 2.15. The summed E-state index contributed by atoms with van der Waals surface area (Å²) >= 11 is 2.15. The van der Waals surface area contributed by atoms with Crippen LogP contribution in [-0.4, -0.2) is 18.3 Å². The van der Waals surface area contributed by atoms with Crippen LogP contribution in [0.25, 0.3) is 0 Å². The van der Waals surface area contributed by atoms with Gasteiger partial charge in [0.05, 0.1) is 6.54 Å². The molecule has 1 unspecified atom stereocenters. The maximum atomic E-state index is 8.71. The molecule has 1 rings (SSSR count). The highest BCUT2D eigenvalue weighted by molar-refractivity contribution is 14.1. The Morgan fingerprint density at radius 3 is 2.93 bits per heavy atom. The highest BCUT2D eigenvalue weighted by Crippen LogP contribution is 2.09. The number of furan rings is 1. The first kappa shape index (κ1) is 12.0. The Morgan fingerprint density at radius 2 is 2.36 bits per heavy atom. The molecule has 0 bridgehead atoms. The third-order valence-corrected chi connectivity index (χ3v) is 2.62. The first-order valence-electron chi connectivity index (χ1n) is 4.78. The second kappa shape index (κ2) is 6.42. The van der Waals surface area contributed by atoms with Crippen LogP contribution in [0.5, 0.6) is 0 Å². The van der Waals surface area contributed by atoms with Crippen LogP contribution in [0.15, 0.2) is 16.5 Å². The van der Waals surface area contributed by atoms with Crippen molar-refractivity contribution in [2.45, 2.75) is 19.9 Å². The van der Waals surface area contributed by atoms with Crippen LogP contribution >= 0.6 is 22.6 Å². The minimum absolute atomic E-state index is 0.265. The molecular weight excluding hydrogens is 293 g/mol. The lowest BCUT2D eigenvalue weighted by Gasteiger charge is -2.09. The molecule has 0 amide bonds. The number of halogens is 1. The Bertz CT molecular complexity index is 262. The molecular formula is C10H16INO2. The van der Waals surface area contributed by atoms with Crippen molar-refractivity contribution in [3.63, 3.8) is 0 Å². The Hall–Kier alpha value is -0.0700. The lowest BCUT2D eigenvalue weighted by atomic mass is 10.1. The molecule has 2 N–H and O–H groups in total. The van der Waals surface area contributed by atoms with E-state index in [1.165, 1.54) is 0 Å². The summed E-state index contributed by atoms with van der Waals surface area (Å²) in [6.07, 6.45) is 0.850. The van der Waals surface area contributed by atoms with E-state index in [0.29, 0.717) is 5.92 Å². The Labute approximate surface area is 98.0 Å². The third-order valence-electron chi connectivity index (χ3n) is 2.04. The normalized spacial score (nSPS) is 13.1. The van der Waals surface area contributed by atoms with Gasteiger partial charge in [0.15, 0.2) is 3.77 Å². The van der Waals surface area contributed by atoms with Crippen LogP contribution in [0.4, 0.5) is 0 Å². The van der Waals surface area contributed by atoms with Crippen molar-refractivity contribution >= 4 is 22.6 Å². The van der Waals surface area contributed by atoms with Gasteiger partial charge in [-0.05, 0) is 53.6 Å². The van der Waals surface area contributed by atoms with Crippen LogP contribution in [-0.2, 0) is 6.54 Å². The summed E-state index contributed by atoms with van der Waals surface area (Å²) in [7, 11) is 0. The summed E-state index contributed by atoms with van der Waals surface area (Å²) in [5.41, 5.74) is 0. The van der Waals surface area contributed by atoms with Gasteiger partial charge in [-0.15, -0.1) is 0 Å². The fraction of sp³-hybridized carbons (Fsp3) is 0.600. The molecule has 4 heteroatoms. The minimum atomic E-state index is 0.265. The monoisotopic (exact) mass is 309 g/mol. The van der Waals surface area contributed by atoms with E-state index in [0.717, 1.165) is 29.0 Å². The van der Waals surface area contributed by atoms with E-state index in [1.807, 2.05) is 12.1 Å². The molecule has 1 atom stereocenters. The van der Waals surface area contributed by atoms with Gasteiger partial charge in [0.1, 0.15) is 5.76 Å². The largest absolute Gasteiger partial charge is 0.454 e. The maximum absolute atomic E-state index is 8.71. The molecule has 14 heavy (non-hydrogen) atoms. The summed E-state index contributed by atoms with van der Waals surface area (Å²) in [5, 5.41) is 12.0. The molecule has 1 heterocycles. The second-order valence-electron chi connectivity index (χ2n) is 3.45. The van der Waals surface area contributed by atoms with Gasteiger partial charge in [-0.25, -0.2) is 0 Å². The number of rotatable bonds is 6. The Kier molecular flexibility index (Phi) is 5.50. The van der Waals surface area contributed by atoms with Gasteiger partial charge < -0.3 is 14.8 Å². The van der Waals surface area contributed by atoms with Gasteiger partial charge >= 0.3 is 0 Å². The molecule has 0 radical (unpaired) electrons. The van der Waals surface area contributed by atoms with Gasteiger partial charge in [0.25, 0.3) is 0 Å². The summed E-state index contributed by atoms with van der Waals surface area (Å²) in [6, 6.07) is 3.93. The molecule has 0 fully saturated rings. The molecule has 3 nitrogen and oxygen atoms in total. The minimum Gasteiger partial charge on any atom is -0.454 e. The average molecular weight is 309 g/mol. The lowest BCUT2D eigenvalue weighted by Crippen LogP contribution is -2.21. The second-order valence-corrected chi connectivity index (χ2v) is 4.52. The standard InChI is InChI=1S/C10H16INO2/c1-8(4-5-13)6-12-7-9-2-3-10(11)14-9/h2-3,8,12-13H,4-7H2,1H3. The molecule has 1 aromatic rings. The van der Waals surface area contributed by atoms with E-state index in [4.69, 9.17) is 9.52 Å². The van der Waals surface area contributed by atoms with E-state index in [-0.39, 0.29) is 6.61 Å². The average Bonchev–Trinajstić information content (AvgIpc) is 2.52. The number of nitrogens with one attached hydrogen (secondary N) is 1. The highest BCUT2D eigenvalue weighted by atomic mass is 127. The lowest BCUT2D eigenvalue weighted by molar-refractivity contribution is 0.259. The van der Waals surface area contributed by atoms with Crippen molar-refractivity contribution in [3.8, 4) is 0 Å². The Morgan fingerprint density at radius 1 is 1.57 bits per heavy atom. The zero-order valence-corrected chi connectivity index (χ0v) is 10.5. The topological polar surface area (TPSA) is 45.4 Å². The molecule has 0 spiro atoms. The molecule has 0 aromatic carbocycles. The molecule has 80 valence electrons. The number of hydrogen-bond acceptors (Lipinski definition) is 3. The fourth-order valence-electron chi connectivity index (χ4n) is 1.21. The van der Waals surface area contributed by atoms with E-state index in [9.17, 15) is 0 Å². The molecule has 0 aliphatic carbocycles. The zero-order chi connectivity index (χ0) is 10.4. The van der Waals surface area contributed by atoms with Gasteiger partial charge in [-0.1, -0.05) is 6.92 Å². The van der Waals surface area contributed by atoms with Crippen molar-refractivity contribution in [1.29, 1.82) is 0 Å². The summed E-state index contributed by atoms with van der Waals surface area (Å²) in [4.78, 5) is 0. The fourth-order valence-corrected chi connectivity index (χ4v) is 1.67. The number of aliphatic hydroxyl groups excluding tert-OH is 1. The predicted molar refractivity (Wildman–Crippen MR) is 64.0 cm³/mol. The third kappa shape index (κ3) is 4.43. The molecule has 0 aliphatic heterocycles. The smallest absolute Gasteiger partial charge is 0.164 e. The van der Waals surface area contributed by atoms with E-state index >= 15 is 0 Å². The van der Waals surface area contributed by atoms with Crippen LogP contribution in [0.2, 0.25) is 0 Å². The van der Waals surface area contributed by atoms with Crippen molar-refractivity contribution in [2.75, 3.05) is 13.2 Å². The zero-order valence-electron chi connectivity index (χ0n) is 8.29. The van der Waals surface area contributed by atoms with E-state index in [2.05, 4.69) is 34.8 Å². The molecule has 0 saturated carbocycles. The summed E-state index contributed by atoms with van der Waals surface area (Å²) < 4.78 is 6.32. The van der Waals surface area contributed by atoms with Gasteiger partial charge in [0.2, 0.25) is 0 Å². The van der Waals surface area contributed by atoms with Crippen LogP contribution in [0, 0.1) is 9.68 Å².